The zero-order valence-corrected chi connectivity index (χ0v) is 9.25. The lowest BCUT2D eigenvalue weighted by Crippen LogP contribution is -1.92. The first-order valence-electron chi connectivity index (χ1n) is 5.36. The van der Waals surface area contributed by atoms with Crippen LogP contribution in [0.5, 0.6) is 0 Å². The molecule has 0 saturated carbocycles. The van der Waals surface area contributed by atoms with Crippen LogP contribution in [-0.4, -0.2) is 9.97 Å². The molecule has 0 unspecified atom stereocenters. The van der Waals surface area contributed by atoms with Gasteiger partial charge in [-0.1, -0.05) is 31.2 Å². The first-order chi connectivity index (χ1) is 7.28. The van der Waals surface area contributed by atoms with Crippen LogP contribution in [0.3, 0.4) is 0 Å². The number of aryl methyl sites for hydroxylation is 2. The van der Waals surface area contributed by atoms with E-state index in [-0.39, 0.29) is 0 Å². The highest BCUT2D eigenvalue weighted by atomic mass is 14.9. The Labute approximate surface area is 90.4 Å². The third kappa shape index (κ3) is 2.46. The number of hydrogen-bond acceptors (Lipinski definition) is 1. The minimum absolute atomic E-state index is 0.891. The maximum Gasteiger partial charge on any atom is 0.110 e. The maximum absolute atomic E-state index is 4.31. The van der Waals surface area contributed by atoms with Crippen molar-refractivity contribution in [1.29, 1.82) is 0 Å². The summed E-state index contributed by atoms with van der Waals surface area (Å²) >= 11 is 0. The van der Waals surface area contributed by atoms with Gasteiger partial charge in [0, 0.05) is 18.3 Å². The number of nitrogens with one attached hydrogen (secondary N) is 1. The van der Waals surface area contributed by atoms with Crippen molar-refractivity contribution in [2.45, 2.75) is 26.7 Å². The quantitative estimate of drug-likeness (QED) is 0.810. The Hall–Kier alpha value is -1.57. The van der Waals surface area contributed by atoms with E-state index in [1.165, 1.54) is 11.1 Å². The van der Waals surface area contributed by atoms with Crippen molar-refractivity contribution in [2.24, 2.45) is 0 Å². The fraction of sp³-hybridized carbons (Fsp3) is 0.308. The summed E-state index contributed by atoms with van der Waals surface area (Å²) in [7, 11) is 0. The molecule has 2 rings (SSSR count). The molecule has 15 heavy (non-hydrogen) atoms. The van der Waals surface area contributed by atoms with Crippen LogP contribution in [0, 0.1) is 6.92 Å². The smallest absolute Gasteiger partial charge is 0.110 e. The SMILES string of the molecule is CCc1cccc(Cc2ncc(C)[nH]2)c1. The molecule has 0 bridgehead atoms. The molecule has 0 amide bonds. The predicted molar refractivity (Wildman–Crippen MR) is 62.0 cm³/mol. The molecule has 2 aromatic rings. The van der Waals surface area contributed by atoms with Gasteiger partial charge >= 0.3 is 0 Å². The van der Waals surface area contributed by atoms with E-state index in [1.54, 1.807) is 0 Å². The van der Waals surface area contributed by atoms with E-state index in [0.717, 1.165) is 24.4 Å². The van der Waals surface area contributed by atoms with Crippen molar-refractivity contribution in [3.8, 4) is 0 Å². The first kappa shape index (κ1) is 9.97. The lowest BCUT2D eigenvalue weighted by atomic mass is 10.1. The molecule has 0 radical (unpaired) electrons. The summed E-state index contributed by atoms with van der Waals surface area (Å²) in [6.45, 7) is 4.20. The molecule has 1 aromatic carbocycles. The number of benzene rings is 1. The number of imidazole rings is 1. The summed E-state index contributed by atoms with van der Waals surface area (Å²) in [5.74, 6) is 1.04. The fourth-order valence-corrected chi connectivity index (χ4v) is 1.71. The molecule has 0 saturated heterocycles. The second-order valence-electron chi connectivity index (χ2n) is 3.86. The predicted octanol–water partition coefficient (Wildman–Crippen LogP) is 2.87. The van der Waals surface area contributed by atoms with E-state index in [2.05, 4.69) is 41.2 Å². The Bertz CT molecular complexity index is 443. The minimum Gasteiger partial charge on any atom is -0.346 e. The van der Waals surface area contributed by atoms with Crippen LogP contribution in [0.25, 0.3) is 0 Å². The van der Waals surface area contributed by atoms with E-state index >= 15 is 0 Å². The van der Waals surface area contributed by atoms with Gasteiger partial charge in [0.25, 0.3) is 0 Å². The van der Waals surface area contributed by atoms with Gasteiger partial charge in [-0.15, -0.1) is 0 Å². The first-order valence-corrected chi connectivity index (χ1v) is 5.36. The van der Waals surface area contributed by atoms with Gasteiger partial charge in [0.1, 0.15) is 5.82 Å². The number of rotatable bonds is 3. The summed E-state index contributed by atoms with van der Waals surface area (Å²) in [4.78, 5) is 7.56. The van der Waals surface area contributed by atoms with Crippen LogP contribution < -0.4 is 0 Å². The van der Waals surface area contributed by atoms with Crippen LogP contribution >= 0.6 is 0 Å². The highest BCUT2D eigenvalue weighted by molar-refractivity contribution is 5.26. The van der Waals surface area contributed by atoms with Crippen molar-refractivity contribution in [3.63, 3.8) is 0 Å². The highest BCUT2D eigenvalue weighted by Gasteiger charge is 2.00. The van der Waals surface area contributed by atoms with Gasteiger partial charge in [0.15, 0.2) is 0 Å². The second-order valence-corrected chi connectivity index (χ2v) is 3.86. The van der Waals surface area contributed by atoms with Gasteiger partial charge in [0.05, 0.1) is 0 Å². The van der Waals surface area contributed by atoms with Gasteiger partial charge < -0.3 is 4.98 Å². The molecule has 2 nitrogen and oxygen atoms in total. The van der Waals surface area contributed by atoms with Gasteiger partial charge in [-0.2, -0.15) is 0 Å². The Balaban J connectivity index is 2.16. The molecule has 0 atom stereocenters. The number of hydrogen-bond donors (Lipinski definition) is 1. The minimum atomic E-state index is 0.891. The maximum atomic E-state index is 4.31. The van der Waals surface area contributed by atoms with Crippen LogP contribution in [0.15, 0.2) is 30.5 Å². The van der Waals surface area contributed by atoms with E-state index in [4.69, 9.17) is 0 Å². The standard InChI is InChI=1S/C13H16N2/c1-3-11-5-4-6-12(7-11)8-13-14-9-10(2)15-13/h4-7,9H,3,8H2,1-2H3,(H,14,15). The Morgan fingerprint density at radius 3 is 2.73 bits per heavy atom. The van der Waals surface area contributed by atoms with Crippen molar-refractivity contribution < 1.29 is 0 Å². The van der Waals surface area contributed by atoms with Gasteiger partial charge in [-0.05, 0) is 24.5 Å². The number of aromatic nitrogens is 2. The highest BCUT2D eigenvalue weighted by Crippen LogP contribution is 2.09. The molecule has 1 heterocycles. The molecule has 0 aliphatic heterocycles. The van der Waals surface area contributed by atoms with Crippen molar-refractivity contribution in [2.75, 3.05) is 0 Å². The summed E-state index contributed by atoms with van der Waals surface area (Å²) in [6, 6.07) is 8.68. The molecular formula is C13H16N2. The summed E-state index contributed by atoms with van der Waals surface area (Å²) in [6.07, 6.45) is 3.85. The summed E-state index contributed by atoms with van der Waals surface area (Å²) in [5, 5.41) is 0. The third-order valence-electron chi connectivity index (χ3n) is 2.53. The van der Waals surface area contributed by atoms with Gasteiger partial charge in [0.2, 0.25) is 0 Å². The zero-order chi connectivity index (χ0) is 10.7. The normalized spacial score (nSPS) is 10.5. The van der Waals surface area contributed by atoms with E-state index < -0.39 is 0 Å². The van der Waals surface area contributed by atoms with Crippen LogP contribution in [0.1, 0.15) is 29.6 Å². The van der Waals surface area contributed by atoms with Gasteiger partial charge in [-0.3, -0.25) is 0 Å². The molecule has 78 valence electrons. The van der Waals surface area contributed by atoms with E-state index in [9.17, 15) is 0 Å². The lowest BCUT2D eigenvalue weighted by molar-refractivity contribution is 1.01. The van der Waals surface area contributed by atoms with Gasteiger partial charge in [-0.25, -0.2) is 4.98 Å². The third-order valence-corrected chi connectivity index (χ3v) is 2.53. The molecule has 2 heteroatoms. The van der Waals surface area contributed by atoms with Crippen LogP contribution in [0.4, 0.5) is 0 Å². The number of H-pyrrole nitrogens is 1. The largest absolute Gasteiger partial charge is 0.346 e. The molecule has 0 fully saturated rings. The molecular weight excluding hydrogens is 184 g/mol. The van der Waals surface area contributed by atoms with Crippen molar-refractivity contribution in [1.82, 2.24) is 9.97 Å². The fourth-order valence-electron chi connectivity index (χ4n) is 1.71. The van der Waals surface area contributed by atoms with E-state index in [0.29, 0.717) is 0 Å². The summed E-state index contributed by atoms with van der Waals surface area (Å²) < 4.78 is 0. The second kappa shape index (κ2) is 4.30. The van der Waals surface area contributed by atoms with Crippen molar-refractivity contribution in [3.05, 3.63) is 53.1 Å². The molecule has 0 spiro atoms. The van der Waals surface area contributed by atoms with Crippen molar-refractivity contribution >= 4 is 0 Å². The van der Waals surface area contributed by atoms with Crippen LogP contribution in [0.2, 0.25) is 0 Å². The molecule has 0 aliphatic carbocycles. The molecule has 1 aromatic heterocycles. The number of aromatic amines is 1. The Kier molecular flexibility index (Phi) is 2.86. The average Bonchev–Trinajstić information content (AvgIpc) is 2.64. The summed E-state index contributed by atoms with van der Waals surface area (Å²) in [5.41, 5.74) is 3.83. The topological polar surface area (TPSA) is 28.7 Å². The monoisotopic (exact) mass is 200 g/mol. The lowest BCUT2D eigenvalue weighted by Gasteiger charge is -2.01. The molecule has 0 aliphatic rings. The zero-order valence-electron chi connectivity index (χ0n) is 9.25. The molecule has 1 N–H and O–H groups in total. The number of nitrogens with zero attached hydrogens (tertiary/aromatic N) is 1. The van der Waals surface area contributed by atoms with E-state index in [1.807, 2.05) is 13.1 Å². The van der Waals surface area contributed by atoms with Crippen LogP contribution in [-0.2, 0) is 12.8 Å². The Morgan fingerprint density at radius 2 is 2.07 bits per heavy atom. The Morgan fingerprint density at radius 1 is 1.27 bits per heavy atom. The average molecular weight is 200 g/mol.